The van der Waals surface area contributed by atoms with Gasteiger partial charge in [0.1, 0.15) is 23.0 Å². The molecule has 2 heterocycles. The number of imidazole rings is 1. The fourth-order valence-corrected chi connectivity index (χ4v) is 6.50. The molecule has 0 saturated heterocycles. The Morgan fingerprint density at radius 1 is 0.583 bits per heavy atom. The number of hydrogen-bond donors (Lipinski definition) is 0. The quantitative estimate of drug-likeness (QED) is 0.160. The maximum absolute atomic E-state index is 6.49. The van der Waals surface area contributed by atoms with Crippen molar-refractivity contribution in [3.05, 3.63) is 151 Å². The van der Waals surface area contributed by atoms with Crippen molar-refractivity contribution in [1.29, 1.82) is 0 Å². The fraction of sp³-hybridized carbons (Fsp3) is 0.163. The van der Waals surface area contributed by atoms with E-state index in [1.807, 2.05) is 54.3 Å². The molecule has 0 aliphatic heterocycles. The first-order valence-corrected chi connectivity index (χ1v) is 16.6. The summed E-state index contributed by atoms with van der Waals surface area (Å²) >= 11 is 0. The van der Waals surface area contributed by atoms with Crippen LogP contribution in [0, 0.1) is 0 Å². The third kappa shape index (κ3) is 5.95. The first-order chi connectivity index (χ1) is 23.4. The lowest BCUT2D eigenvalue weighted by molar-refractivity contribution is 0.482. The Morgan fingerprint density at radius 3 is 1.79 bits per heavy atom. The minimum absolute atomic E-state index is 0.326. The standard InChI is InChI=1S/C43H40N4O/c1-29(2)37-23-14-24-38(30(3)4)39(37)40-41(31-15-8-6-9-16-31)45-47(42(40)32-17-10-7-11-18-32)34-20-13-22-36(28-34)48-35-21-12-19-33(27-35)43-44-25-26-46(43)5/h6-30H,1-5H3. The second kappa shape index (κ2) is 13.2. The number of aryl methyl sites for hydroxylation is 1. The van der Waals surface area contributed by atoms with Crippen LogP contribution >= 0.6 is 0 Å². The van der Waals surface area contributed by atoms with Crippen molar-refractivity contribution in [3.63, 3.8) is 0 Å². The molecule has 5 heteroatoms. The molecule has 0 aliphatic rings. The van der Waals surface area contributed by atoms with Gasteiger partial charge in [-0.2, -0.15) is 5.10 Å². The van der Waals surface area contributed by atoms with Crippen LogP contribution in [0.4, 0.5) is 0 Å². The normalized spacial score (nSPS) is 11.4. The van der Waals surface area contributed by atoms with Gasteiger partial charge in [-0.25, -0.2) is 9.67 Å². The van der Waals surface area contributed by atoms with E-state index in [1.165, 1.54) is 16.7 Å². The average molecular weight is 629 g/mol. The summed E-state index contributed by atoms with van der Waals surface area (Å²) < 4.78 is 10.6. The summed E-state index contributed by atoms with van der Waals surface area (Å²) in [6, 6.07) is 44.2. The van der Waals surface area contributed by atoms with E-state index in [4.69, 9.17) is 9.84 Å². The van der Waals surface area contributed by atoms with E-state index in [0.717, 1.165) is 56.7 Å². The summed E-state index contributed by atoms with van der Waals surface area (Å²) in [6.07, 6.45) is 3.75. The van der Waals surface area contributed by atoms with Crippen molar-refractivity contribution < 1.29 is 4.74 Å². The molecule has 2 aromatic heterocycles. The molecule has 238 valence electrons. The third-order valence-corrected chi connectivity index (χ3v) is 8.81. The molecule has 0 radical (unpaired) electrons. The van der Waals surface area contributed by atoms with Crippen molar-refractivity contribution >= 4 is 0 Å². The van der Waals surface area contributed by atoms with Crippen molar-refractivity contribution in [1.82, 2.24) is 19.3 Å². The van der Waals surface area contributed by atoms with Crippen LogP contribution in [0.25, 0.3) is 50.7 Å². The van der Waals surface area contributed by atoms with Gasteiger partial charge in [0.05, 0.1) is 11.4 Å². The number of hydrogen-bond acceptors (Lipinski definition) is 3. The number of aromatic nitrogens is 4. The van der Waals surface area contributed by atoms with E-state index in [2.05, 4.69) is 134 Å². The van der Waals surface area contributed by atoms with Gasteiger partial charge >= 0.3 is 0 Å². The van der Waals surface area contributed by atoms with Gasteiger partial charge in [-0.05, 0) is 52.8 Å². The zero-order chi connectivity index (χ0) is 33.2. The molecule has 0 unspecified atom stereocenters. The van der Waals surface area contributed by atoms with Gasteiger partial charge in [0.25, 0.3) is 0 Å². The Hall–Kier alpha value is -5.68. The summed E-state index contributed by atoms with van der Waals surface area (Å²) in [7, 11) is 2.00. The fourth-order valence-electron chi connectivity index (χ4n) is 6.50. The highest BCUT2D eigenvalue weighted by Gasteiger charge is 2.28. The van der Waals surface area contributed by atoms with Crippen LogP contribution < -0.4 is 4.74 Å². The summed E-state index contributed by atoms with van der Waals surface area (Å²) in [5, 5.41) is 5.46. The first-order valence-electron chi connectivity index (χ1n) is 16.6. The highest BCUT2D eigenvalue weighted by atomic mass is 16.5. The van der Waals surface area contributed by atoms with Crippen molar-refractivity contribution in [3.8, 4) is 62.2 Å². The second-order valence-electron chi connectivity index (χ2n) is 12.8. The van der Waals surface area contributed by atoms with E-state index in [9.17, 15) is 0 Å². The van der Waals surface area contributed by atoms with Gasteiger partial charge in [-0.15, -0.1) is 0 Å². The van der Waals surface area contributed by atoms with Crippen molar-refractivity contribution in [2.45, 2.75) is 39.5 Å². The Labute approximate surface area is 283 Å². The number of nitrogens with zero attached hydrogens (tertiary/aromatic N) is 4. The summed E-state index contributed by atoms with van der Waals surface area (Å²) in [6.45, 7) is 9.12. The topological polar surface area (TPSA) is 44.9 Å². The average Bonchev–Trinajstić information content (AvgIpc) is 3.73. The van der Waals surface area contributed by atoms with E-state index < -0.39 is 0 Å². The maximum atomic E-state index is 6.49. The number of rotatable bonds is 9. The molecule has 5 aromatic carbocycles. The van der Waals surface area contributed by atoms with Gasteiger partial charge in [-0.1, -0.05) is 125 Å². The zero-order valence-corrected chi connectivity index (χ0v) is 28.1. The van der Waals surface area contributed by atoms with Crippen LogP contribution in [0.1, 0.15) is 50.7 Å². The Bertz CT molecular complexity index is 2150. The second-order valence-corrected chi connectivity index (χ2v) is 12.8. The maximum Gasteiger partial charge on any atom is 0.139 e. The lowest BCUT2D eigenvalue weighted by Crippen LogP contribution is -2.03. The molecule has 0 amide bonds. The Morgan fingerprint density at radius 2 is 1.17 bits per heavy atom. The van der Waals surface area contributed by atoms with Gasteiger partial charge in [0.15, 0.2) is 0 Å². The lowest BCUT2D eigenvalue weighted by atomic mass is 9.82. The van der Waals surface area contributed by atoms with Crippen molar-refractivity contribution in [2.75, 3.05) is 0 Å². The van der Waals surface area contributed by atoms with Crippen LogP contribution in [0.15, 0.2) is 140 Å². The van der Waals surface area contributed by atoms with E-state index in [1.54, 1.807) is 0 Å². The van der Waals surface area contributed by atoms with E-state index >= 15 is 0 Å². The molecular weight excluding hydrogens is 589 g/mol. The summed E-state index contributed by atoms with van der Waals surface area (Å²) in [4.78, 5) is 4.52. The van der Waals surface area contributed by atoms with Gasteiger partial charge < -0.3 is 9.30 Å². The van der Waals surface area contributed by atoms with Gasteiger partial charge in [-0.3, -0.25) is 0 Å². The molecule has 0 N–H and O–H groups in total. The largest absolute Gasteiger partial charge is 0.457 e. The van der Waals surface area contributed by atoms with Crippen molar-refractivity contribution in [2.24, 2.45) is 7.05 Å². The van der Waals surface area contributed by atoms with Crippen LogP contribution in [0.2, 0.25) is 0 Å². The minimum atomic E-state index is 0.326. The Balaban J connectivity index is 1.45. The molecular formula is C43H40N4O. The SMILES string of the molecule is CC(C)c1cccc(C(C)C)c1-c1c(-c2ccccc2)nn(-c2cccc(Oc3cccc(-c4nccn4C)c3)c2)c1-c1ccccc1. The smallest absolute Gasteiger partial charge is 0.139 e. The monoisotopic (exact) mass is 628 g/mol. The lowest BCUT2D eigenvalue weighted by Gasteiger charge is -2.21. The van der Waals surface area contributed by atoms with E-state index in [0.29, 0.717) is 11.8 Å². The summed E-state index contributed by atoms with van der Waals surface area (Å²) in [5.74, 6) is 3.02. The number of benzene rings is 5. The predicted octanol–water partition coefficient (Wildman–Crippen LogP) is 11.3. The zero-order valence-electron chi connectivity index (χ0n) is 28.1. The molecule has 7 aromatic rings. The van der Waals surface area contributed by atoms with Crippen LogP contribution in [0.5, 0.6) is 11.5 Å². The Kier molecular flexibility index (Phi) is 8.51. The molecule has 5 nitrogen and oxygen atoms in total. The van der Waals surface area contributed by atoms with Crippen LogP contribution in [0.3, 0.4) is 0 Å². The van der Waals surface area contributed by atoms with E-state index in [-0.39, 0.29) is 0 Å². The third-order valence-electron chi connectivity index (χ3n) is 8.81. The molecule has 0 fully saturated rings. The molecule has 48 heavy (non-hydrogen) atoms. The summed E-state index contributed by atoms with van der Waals surface area (Å²) in [5.41, 5.74) is 11.2. The minimum Gasteiger partial charge on any atom is -0.457 e. The molecule has 0 bridgehead atoms. The van der Waals surface area contributed by atoms with Gasteiger partial charge in [0, 0.05) is 47.8 Å². The molecule has 0 spiro atoms. The van der Waals surface area contributed by atoms with Crippen LogP contribution in [-0.4, -0.2) is 19.3 Å². The first kappa shape index (κ1) is 30.9. The predicted molar refractivity (Wildman–Crippen MR) is 197 cm³/mol. The molecule has 0 saturated carbocycles. The number of ether oxygens (including phenoxy) is 1. The highest BCUT2D eigenvalue weighted by molar-refractivity contribution is 5.95. The highest BCUT2D eigenvalue weighted by Crippen LogP contribution is 2.47. The van der Waals surface area contributed by atoms with Gasteiger partial charge in [0.2, 0.25) is 0 Å². The molecule has 0 atom stereocenters. The molecule has 0 aliphatic carbocycles. The molecule has 7 rings (SSSR count). The van der Waals surface area contributed by atoms with Crippen LogP contribution in [-0.2, 0) is 7.05 Å².